The summed E-state index contributed by atoms with van der Waals surface area (Å²) in [6, 6.07) is 9.50. The largest absolute Gasteiger partial charge is 0.0736 e. The molecule has 0 aliphatic heterocycles. The Morgan fingerprint density at radius 1 is 0.636 bits per heavy atom. The maximum Gasteiger partial charge on any atom is 0.0731 e. The summed E-state index contributed by atoms with van der Waals surface area (Å²) >= 11 is 0. The zero-order valence-electron chi connectivity index (χ0n) is 16.3. The number of rotatable bonds is 4. The minimum atomic E-state index is -1.38. The van der Waals surface area contributed by atoms with Crippen molar-refractivity contribution in [2.24, 2.45) is 0 Å². The van der Waals surface area contributed by atoms with Gasteiger partial charge in [-0.25, -0.2) is 0 Å². The van der Waals surface area contributed by atoms with Crippen LogP contribution in [0, 0.1) is 6.92 Å². The summed E-state index contributed by atoms with van der Waals surface area (Å²) in [4.78, 5) is 0. The first-order valence-electron chi connectivity index (χ1n) is 8.57. The predicted molar refractivity (Wildman–Crippen MR) is 110 cm³/mol. The molecule has 0 saturated heterocycles. The van der Waals surface area contributed by atoms with Crippen molar-refractivity contribution in [3.63, 3.8) is 0 Å². The summed E-state index contributed by atoms with van der Waals surface area (Å²) in [6.07, 6.45) is 0. The van der Waals surface area contributed by atoms with Crippen LogP contribution >= 0.6 is 0 Å². The van der Waals surface area contributed by atoms with E-state index in [1.807, 2.05) is 10.4 Å². The Kier molecular flexibility index (Phi) is 4.12. The highest BCUT2D eigenvalue weighted by Gasteiger charge is 2.66. The number of hydrogen-bond acceptors (Lipinski definition) is 0. The molecule has 0 unspecified atom stereocenters. The second-order valence-corrected chi connectivity index (χ2v) is 25.4. The molecule has 0 nitrogen and oxygen atoms in total. The molecule has 0 atom stereocenters. The quantitative estimate of drug-likeness (QED) is 0.571. The van der Waals surface area contributed by atoms with Gasteiger partial charge in [0.2, 0.25) is 0 Å². The van der Waals surface area contributed by atoms with Crippen LogP contribution < -0.4 is 0 Å². The van der Waals surface area contributed by atoms with Crippen molar-refractivity contribution in [3.05, 3.63) is 45.8 Å². The van der Waals surface area contributed by atoms with Crippen LogP contribution in [-0.2, 0) is 5.04 Å². The minimum Gasteiger partial charge on any atom is -0.0736 e. The highest BCUT2D eigenvalue weighted by molar-refractivity contribution is 7.00. The van der Waals surface area contributed by atoms with Crippen molar-refractivity contribution in [2.45, 2.75) is 70.9 Å². The maximum atomic E-state index is 2.58. The van der Waals surface area contributed by atoms with Crippen molar-refractivity contribution in [1.29, 1.82) is 0 Å². The van der Waals surface area contributed by atoms with Crippen molar-refractivity contribution >= 4 is 24.2 Å². The third-order valence-electron chi connectivity index (χ3n) is 5.05. The minimum absolute atomic E-state index is 0.371. The van der Waals surface area contributed by atoms with Crippen molar-refractivity contribution in [2.75, 3.05) is 0 Å². The maximum absolute atomic E-state index is 2.58. The van der Waals surface area contributed by atoms with Gasteiger partial charge in [-0.05, 0) is 12.5 Å². The summed E-state index contributed by atoms with van der Waals surface area (Å²) in [5.74, 6) is 0. The topological polar surface area (TPSA) is 0 Å². The zero-order valence-corrected chi connectivity index (χ0v) is 19.3. The molecule has 0 amide bonds. The van der Waals surface area contributed by atoms with E-state index in [2.05, 4.69) is 90.1 Å². The fraction of sp³-hybridized carbons (Fsp3) is 0.579. The van der Waals surface area contributed by atoms with E-state index in [1.165, 1.54) is 5.56 Å². The normalized spacial score (nSPS) is 18.6. The van der Waals surface area contributed by atoms with Gasteiger partial charge < -0.3 is 0 Å². The lowest BCUT2D eigenvalue weighted by atomic mass is 10.1. The van der Waals surface area contributed by atoms with E-state index in [9.17, 15) is 0 Å². The Balaban J connectivity index is 2.72. The van der Waals surface area contributed by atoms with Crippen LogP contribution in [0.3, 0.4) is 0 Å². The average molecular weight is 347 g/mol. The lowest BCUT2D eigenvalue weighted by Gasteiger charge is -2.38. The van der Waals surface area contributed by atoms with E-state index in [0.717, 1.165) is 0 Å². The van der Waals surface area contributed by atoms with Gasteiger partial charge in [-0.1, -0.05) is 99.1 Å². The first-order chi connectivity index (χ1) is 9.74. The van der Waals surface area contributed by atoms with Crippen LogP contribution in [0.1, 0.15) is 11.1 Å². The summed E-state index contributed by atoms with van der Waals surface area (Å²) in [6.45, 7) is 25.3. The van der Waals surface area contributed by atoms with E-state index >= 15 is 0 Å². The van der Waals surface area contributed by atoms with Gasteiger partial charge >= 0.3 is 0 Å². The molecule has 22 heavy (non-hydrogen) atoms. The van der Waals surface area contributed by atoms with E-state index < -0.39 is 24.2 Å². The fourth-order valence-electron chi connectivity index (χ4n) is 4.43. The molecule has 0 heterocycles. The van der Waals surface area contributed by atoms with Gasteiger partial charge in [-0.3, -0.25) is 0 Å². The van der Waals surface area contributed by atoms with Gasteiger partial charge in [-0.15, -0.1) is 0 Å². The fourth-order valence-corrected chi connectivity index (χ4v) is 18.8. The molecular weight excluding hydrogens is 312 g/mol. The molecule has 0 spiro atoms. The molecule has 2 rings (SSSR count). The van der Waals surface area contributed by atoms with Gasteiger partial charge in [0.05, 0.1) is 24.2 Å². The predicted octanol–water partition coefficient (Wildman–Crippen LogP) is 6.18. The zero-order chi connectivity index (χ0) is 17.1. The Labute approximate surface area is 141 Å². The Hall–Kier alpha value is -0.389. The number of allylic oxidation sites excluding steroid dienone is 2. The molecule has 0 aromatic heterocycles. The van der Waals surface area contributed by atoms with E-state index in [4.69, 9.17) is 0 Å². The Morgan fingerprint density at radius 2 is 1.00 bits per heavy atom. The van der Waals surface area contributed by atoms with Gasteiger partial charge in [0, 0.05) is 5.04 Å². The SMILES string of the molecule is Cc1ccc(C2([Si](C)(C)C)C([Si](C)(C)C)=C2[Si](C)(C)C)cc1. The second-order valence-electron chi connectivity index (χ2n) is 10.1. The van der Waals surface area contributed by atoms with Crippen LogP contribution in [0.15, 0.2) is 34.7 Å². The van der Waals surface area contributed by atoms with Gasteiger partial charge in [-0.2, -0.15) is 0 Å². The number of hydrogen-bond donors (Lipinski definition) is 0. The first-order valence-corrected chi connectivity index (χ1v) is 19.1. The van der Waals surface area contributed by atoms with Crippen LogP contribution in [0.2, 0.25) is 58.9 Å². The molecule has 3 heteroatoms. The summed E-state index contributed by atoms with van der Waals surface area (Å²) in [7, 11) is -3.96. The molecule has 122 valence electrons. The lowest BCUT2D eigenvalue weighted by molar-refractivity contribution is 1.00. The summed E-state index contributed by atoms with van der Waals surface area (Å²) in [5, 5.41) is 4.21. The highest BCUT2D eigenvalue weighted by Crippen LogP contribution is 2.65. The van der Waals surface area contributed by atoms with Crippen LogP contribution in [0.5, 0.6) is 0 Å². The molecule has 0 saturated carbocycles. The van der Waals surface area contributed by atoms with Crippen molar-refractivity contribution < 1.29 is 0 Å². The second kappa shape index (κ2) is 5.05. The molecule has 0 bridgehead atoms. The molecule has 1 aliphatic rings. The Bertz CT molecular complexity index is 578. The highest BCUT2D eigenvalue weighted by atomic mass is 28.3. The standard InChI is InChI=1S/C19H34Si3/c1-15-11-13-16(14-12-15)19(22(8,9)10)17(20(2,3)4)18(19)21(5,6)7/h11-14H,1-10H3. The number of aryl methyl sites for hydroxylation is 1. The third kappa shape index (κ3) is 2.65. The van der Waals surface area contributed by atoms with Crippen LogP contribution in [0.4, 0.5) is 0 Å². The summed E-state index contributed by atoms with van der Waals surface area (Å²) < 4.78 is 0. The monoisotopic (exact) mass is 346 g/mol. The van der Waals surface area contributed by atoms with Crippen LogP contribution in [0.25, 0.3) is 0 Å². The van der Waals surface area contributed by atoms with Crippen molar-refractivity contribution in [1.82, 2.24) is 0 Å². The molecule has 0 N–H and O–H groups in total. The van der Waals surface area contributed by atoms with Gasteiger partial charge in [0.25, 0.3) is 0 Å². The molecule has 1 aliphatic carbocycles. The van der Waals surface area contributed by atoms with Crippen molar-refractivity contribution in [3.8, 4) is 0 Å². The lowest BCUT2D eigenvalue weighted by Crippen LogP contribution is -2.47. The first kappa shape index (κ1) is 18.0. The van der Waals surface area contributed by atoms with E-state index in [-0.39, 0.29) is 0 Å². The van der Waals surface area contributed by atoms with E-state index in [0.29, 0.717) is 5.04 Å². The number of benzene rings is 1. The summed E-state index contributed by atoms with van der Waals surface area (Å²) in [5.41, 5.74) is 2.98. The van der Waals surface area contributed by atoms with Gasteiger partial charge in [0.15, 0.2) is 0 Å². The molecule has 0 radical (unpaired) electrons. The molecular formula is C19H34Si3. The average Bonchev–Trinajstić information content (AvgIpc) is 3.00. The molecule has 1 aromatic rings. The van der Waals surface area contributed by atoms with Crippen LogP contribution in [-0.4, -0.2) is 24.2 Å². The smallest absolute Gasteiger partial charge is 0.0731 e. The van der Waals surface area contributed by atoms with E-state index in [1.54, 1.807) is 5.56 Å². The Morgan fingerprint density at radius 3 is 1.27 bits per heavy atom. The third-order valence-corrected chi connectivity index (χ3v) is 13.1. The molecule has 1 aromatic carbocycles. The molecule has 0 fully saturated rings. The van der Waals surface area contributed by atoms with Gasteiger partial charge in [0.1, 0.15) is 0 Å².